The number of rotatable bonds is 4. The Kier molecular flexibility index (Phi) is 4.18. The number of ether oxygens (including phenoxy) is 2. The third-order valence-corrected chi connectivity index (χ3v) is 4.39. The van der Waals surface area contributed by atoms with Crippen LogP contribution in [0.3, 0.4) is 0 Å². The molecule has 4 rings (SSSR count). The molecule has 2 heterocycles. The fourth-order valence-corrected chi connectivity index (χ4v) is 2.89. The van der Waals surface area contributed by atoms with Crippen molar-refractivity contribution in [1.29, 1.82) is 0 Å². The number of hydrogen-bond donors (Lipinski definition) is 1. The van der Waals surface area contributed by atoms with Crippen LogP contribution in [0.2, 0.25) is 0 Å². The maximum absolute atomic E-state index is 12.6. The molecule has 1 N–H and O–H groups in total. The van der Waals surface area contributed by atoms with Gasteiger partial charge >= 0.3 is 6.18 Å². The van der Waals surface area contributed by atoms with E-state index in [4.69, 9.17) is 9.47 Å². The van der Waals surface area contributed by atoms with Gasteiger partial charge in [0.05, 0.1) is 17.5 Å². The molecular weight excluding hydrogens is 359 g/mol. The third kappa shape index (κ3) is 3.42. The molecular formula is C19H16F3N3O2. The SMILES string of the molecule is Cn1c(-c2ccc3c(c2)OCO3)cnc1NCc1ccc(C(F)(F)F)cc1. The first-order valence-corrected chi connectivity index (χ1v) is 8.23. The van der Waals surface area contributed by atoms with E-state index in [1.54, 1.807) is 6.20 Å². The van der Waals surface area contributed by atoms with Gasteiger partial charge in [-0.25, -0.2) is 4.98 Å². The second-order valence-electron chi connectivity index (χ2n) is 6.14. The van der Waals surface area contributed by atoms with Crippen molar-refractivity contribution in [2.75, 3.05) is 12.1 Å². The minimum Gasteiger partial charge on any atom is -0.454 e. The topological polar surface area (TPSA) is 48.3 Å². The lowest BCUT2D eigenvalue weighted by Gasteiger charge is -2.10. The van der Waals surface area contributed by atoms with Gasteiger partial charge in [0.2, 0.25) is 12.7 Å². The zero-order valence-electron chi connectivity index (χ0n) is 14.4. The summed E-state index contributed by atoms with van der Waals surface area (Å²) in [5, 5.41) is 3.14. The zero-order valence-corrected chi connectivity index (χ0v) is 14.4. The average Bonchev–Trinajstić information content (AvgIpc) is 3.25. The summed E-state index contributed by atoms with van der Waals surface area (Å²) in [6.45, 7) is 0.577. The Labute approximate surface area is 153 Å². The summed E-state index contributed by atoms with van der Waals surface area (Å²) < 4.78 is 50.5. The molecule has 0 fully saturated rings. The van der Waals surface area contributed by atoms with Crippen LogP contribution >= 0.6 is 0 Å². The summed E-state index contributed by atoms with van der Waals surface area (Å²) >= 11 is 0. The van der Waals surface area contributed by atoms with E-state index in [1.165, 1.54) is 12.1 Å². The van der Waals surface area contributed by atoms with E-state index in [0.29, 0.717) is 24.0 Å². The molecule has 1 aromatic heterocycles. The van der Waals surface area contributed by atoms with Crippen LogP contribution in [0, 0.1) is 0 Å². The van der Waals surface area contributed by atoms with E-state index in [0.717, 1.165) is 29.0 Å². The lowest BCUT2D eigenvalue weighted by atomic mass is 10.1. The zero-order chi connectivity index (χ0) is 19.0. The molecule has 27 heavy (non-hydrogen) atoms. The highest BCUT2D eigenvalue weighted by molar-refractivity contribution is 5.66. The molecule has 0 spiro atoms. The standard InChI is InChI=1S/C19H16F3N3O2/c1-25-15(13-4-7-16-17(8-13)27-11-26-16)10-24-18(25)23-9-12-2-5-14(6-3-12)19(20,21)22/h2-8,10H,9,11H2,1H3,(H,23,24). The molecule has 3 aromatic rings. The van der Waals surface area contributed by atoms with Gasteiger partial charge in [-0.3, -0.25) is 0 Å². The summed E-state index contributed by atoms with van der Waals surface area (Å²) in [6, 6.07) is 10.7. The summed E-state index contributed by atoms with van der Waals surface area (Å²) in [5.41, 5.74) is 1.88. The summed E-state index contributed by atoms with van der Waals surface area (Å²) in [6.07, 6.45) is -2.60. The van der Waals surface area contributed by atoms with Crippen molar-refractivity contribution in [3.63, 3.8) is 0 Å². The normalized spacial score (nSPS) is 13.0. The molecule has 0 atom stereocenters. The minimum atomic E-state index is -4.33. The van der Waals surface area contributed by atoms with Crippen molar-refractivity contribution >= 4 is 5.95 Å². The Hall–Kier alpha value is -3.16. The van der Waals surface area contributed by atoms with Gasteiger partial charge in [0, 0.05) is 19.2 Å². The molecule has 2 aromatic carbocycles. The molecule has 0 radical (unpaired) electrons. The van der Waals surface area contributed by atoms with Crippen LogP contribution in [-0.4, -0.2) is 16.3 Å². The number of fused-ring (bicyclic) bond motifs is 1. The number of imidazole rings is 1. The fraction of sp³-hybridized carbons (Fsp3) is 0.211. The van der Waals surface area contributed by atoms with Crippen LogP contribution in [0.5, 0.6) is 11.5 Å². The van der Waals surface area contributed by atoms with Crippen molar-refractivity contribution in [2.24, 2.45) is 7.05 Å². The van der Waals surface area contributed by atoms with Crippen LogP contribution in [-0.2, 0) is 19.8 Å². The second kappa shape index (κ2) is 6.53. The fourth-order valence-electron chi connectivity index (χ4n) is 2.89. The van der Waals surface area contributed by atoms with Gasteiger partial charge in [0.15, 0.2) is 11.5 Å². The number of benzene rings is 2. The number of hydrogen-bond acceptors (Lipinski definition) is 4. The quantitative estimate of drug-likeness (QED) is 0.732. The molecule has 0 saturated heterocycles. The van der Waals surface area contributed by atoms with Gasteiger partial charge in [-0.05, 0) is 35.9 Å². The highest BCUT2D eigenvalue weighted by Crippen LogP contribution is 2.36. The Morgan fingerprint density at radius 1 is 1.07 bits per heavy atom. The minimum absolute atomic E-state index is 0.212. The number of nitrogens with zero attached hydrogens (tertiary/aromatic N) is 2. The van der Waals surface area contributed by atoms with Crippen molar-refractivity contribution in [1.82, 2.24) is 9.55 Å². The van der Waals surface area contributed by atoms with Crippen molar-refractivity contribution in [3.05, 3.63) is 59.8 Å². The Bertz CT molecular complexity index is 965. The molecule has 0 bridgehead atoms. The van der Waals surface area contributed by atoms with Crippen molar-refractivity contribution in [3.8, 4) is 22.8 Å². The number of anilines is 1. The van der Waals surface area contributed by atoms with Gasteiger partial charge < -0.3 is 19.4 Å². The second-order valence-corrected chi connectivity index (χ2v) is 6.14. The summed E-state index contributed by atoms with van der Waals surface area (Å²) in [5.74, 6) is 2.01. The van der Waals surface area contributed by atoms with E-state index in [1.807, 2.05) is 29.8 Å². The largest absolute Gasteiger partial charge is 0.454 e. The molecule has 1 aliphatic rings. The highest BCUT2D eigenvalue weighted by atomic mass is 19.4. The van der Waals surface area contributed by atoms with Gasteiger partial charge in [0.1, 0.15) is 0 Å². The number of halogens is 3. The molecule has 5 nitrogen and oxygen atoms in total. The maximum Gasteiger partial charge on any atom is 0.416 e. The molecule has 0 amide bonds. The van der Waals surface area contributed by atoms with Crippen LogP contribution in [0.4, 0.5) is 19.1 Å². The van der Waals surface area contributed by atoms with Gasteiger partial charge in [-0.15, -0.1) is 0 Å². The Balaban J connectivity index is 1.48. The lowest BCUT2D eigenvalue weighted by Crippen LogP contribution is -2.07. The predicted molar refractivity (Wildman–Crippen MR) is 93.5 cm³/mol. The van der Waals surface area contributed by atoms with Gasteiger partial charge in [0.25, 0.3) is 0 Å². The number of aromatic nitrogens is 2. The molecule has 0 aliphatic carbocycles. The highest BCUT2D eigenvalue weighted by Gasteiger charge is 2.29. The van der Waals surface area contributed by atoms with Gasteiger partial charge in [-0.1, -0.05) is 12.1 Å². The third-order valence-electron chi connectivity index (χ3n) is 4.39. The molecule has 0 saturated carbocycles. The van der Waals surface area contributed by atoms with Crippen LogP contribution < -0.4 is 14.8 Å². The molecule has 8 heteroatoms. The van der Waals surface area contributed by atoms with Crippen molar-refractivity contribution in [2.45, 2.75) is 12.7 Å². The average molecular weight is 375 g/mol. The summed E-state index contributed by atoms with van der Waals surface area (Å²) in [7, 11) is 1.86. The monoisotopic (exact) mass is 375 g/mol. The van der Waals surface area contributed by atoms with E-state index >= 15 is 0 Å². The molecule has 140 valence electrons. The van der Waals surface area contributed by atoms with E-state index < -0.39 is 11.7 Å². The first-order chi connectivity index (χ1) is 12.9. The Morgan fingerprint density at radius 2 is 1.81 bits per heavy atom. The number of alkyl halides is 3. The Morgan fingerprint density at radius 3 is 2.56 bits per heavy atom. The lowest BCUT2D eigenvalue weighted by molar-refractivity contribution is -0.137. The van der Waals surface area contributed by atoms with E-state index in [2.05, 4.69) is 10.3 Å². The number of nitrogens with one attached hydrogen (secondary N) is 1. The molecule has 0 unspecified atom stereocenters. The van der Waals surface area contributed by atoms with Crippen molar-refractivity contribution < 1.29 is 22.6 Å². The van der Waals surface area contributed by atoms with Crippen LogP contribution in [0.25, 0.3) is 11.3 Å². The smallest absolute Gasteiger partial charge is 0.416 e. The first kappa shape index (κ1) is 17.3. The first-order valence-electron chi connectivity index (χ1n) is 8.23. The predicted octanol–water partition coefficient (Wildman–Crippen LogP) is 4.45. The summed E-state index contributed by atoms with van der Waals surface area (Å²) in [4.78, 5) is 4.36. The maximum atomic E-state index is 12.6. The van der Waals surface area contributed by atoms with Crippen LogP contribution in [0.15, 0.2) is 48.7 Å². The molecule has 1 aliphatic heterocycles. The van der Waals surface area contributed by atoms with Crippen LogP contribution in [0.1, 0.15) is 11.1 Å². The van der Waals surface area contributed by atoms with E-state index in [-0.39, 0.29) is 6.79 Å². The van der Waals surface area contributed by atoms with Gasteiger partial charge in [-0.2, -0.15) is 13.2 Å². The van der Waals surface area contributed by atoms with E-state index in [9.17, 15) is 13.2 Å².